The van der Waals surface area contributed by atoms with Crippen LogP contribution < -0.4 is 0 Å². The summed E-state index contributed by atoms with van der Waals surface area (Å²) >= 11 is 0. The molecule has 0 radical (unpaired) electrons. The first kappa shape index (κ1) is 14.5. The van der Waals surface area contributed by atoms with Gasteiger partial charge in [0.15, 0.2) is 0 Å². The second kappa shape index (κ2) is 5.53. The van der Waals surface area contributed by atoms with E-state index >= 15 is 0 Å². The van der Waals surface area contributed by atoms with Crippen LogP contribution in [0.4, 0.5) is 0 Å². The van der Waals surface area contributed by atoms with E-state index in [0.717, 1.165) is 25.4 Å². The standard InChI is InChI=1S/C12H23NO.CH4/c1-5-8-13(9-10-6-7-10)11(14)12(2,3)4;/h10H,5-9H2,1-4H3;1H4. The monoisotopic (exact) mass is 213 g/mol. The molecule has 1 aliphatic rings. The predicted octanol–water partition coefficient (Wildman–Crippen LogP) is 3.32. The third kappa shape index (κ3) is 4.67. The highest BCUT2D eigenvalue weighted by Gasteiger charge is 2.31. The molecule has 0 unspecified atom stereocenters. The molecule has 0 aromatic rings. The Morgan fingerprint density at radius 1 is 1.33 bits per heavy atom. The quantitative estimate of drug-likeness (QED) is 0.701. The second-order valence-corrected chi connectivity index (χ2v) is 5.44. The van der Waals surface area contributed by atoms with Gasteiger partial charge in [-0.25, -0.2) is 0 Å². The number of amides is 1. The molecule has 0 heterocycles. The zero-order valence-corrected chi connectivity index (χ0v) is 9.97. The third-order valence-electron chi connectivity index (χ3n) is 2.60. The highest BCUT2D eigenvalue weighted by atomic mass is 16.2. The SMILES string of the molecule is C.CCCN(CC1CC1)C(=O)C(C)(C)C. The third-order valence-corrected chi connectivity index (χ3v) is 2.60. The zero-order chi connectivity index (χ0) is 10.8. The summed E-state index contributed by atoms with van der Waals surface area (Å²) in [7, 11) is 0. The van der Waals surface area contributed by atoms with Gasteiger partial charge >= 0.3 is 0 Å². The summed E-state index contributed by atoms with van der Waals surface area (Å²) in [6.45, 7) is 10.1. The van der Waals surface area contributed by atoms with Crippen LogP contribution in [0.15, 0.2) is 0 Å². The van der Waals surface area contributed by atoms with Gasteiger partial charge in [-0.15, -0.1) is 0 Å². The Hall–Kier alpha value is -0.530. The van der Waals surface area contributed by atoms with Crippen LogP contribution in [0.1, 0.15) is 54.4 Å². The topological polar surface area (TPSA) is 20.3 Å². The Bertz CT molecular complexity index is 201. The fourth-order valence-corrected chi connectivity index (χ4v) is 1.63. The number of hydrogen-bond donors (Lipinski definition) is 0. The lowest BCUT2D eigenvalue weighted by atomic mass is 9.94. The van der Waals surface area contributed by atoms with Gasteiger partial charge in [-0.05, 0) is 25.2 Å². The van der Waals surface area contributed by atoms with Crippen LogP contribution in [-0.2, 0) is 4.79 Å². The van der Waals surface area contributed by atoms with Crippen molar-refractivity contribution in [1.29, 1.82) is 0 Å². The van der Waals surface area contributed by atoms with Crippen molar-refractivity contribution < 1.29 is 4.79 Å². The van der Waals surface area contributed by atoms with Gasteiger partial charge in [-0.3, -0.25) is 4.79 Å². The normalized spacial score (nSPS) is 15.7. The summed E-state index contributed by atoms with van der Waals surface area (Å²) in [5.41, 5.74) is -0.218. The highest BCUT2D eigenvalue weighted by Crippen LogP contribution is 2.31. The first-order valence-corrected chi connectivity index (χ1v) is 5.74. The van der Waals surface area contributed by atoms with E-state index in [2.05, 4.69) is 11.8 Å². The van der Waals surface area contributed by atoms with E-state index in [1.165, 1.54) is 12.8 Å². The van der Waals surface area contributed by atoms with Gasteiger partial charge in [0.25, 0.3) is 0 Å². The Balaban J connectivity index is 0.00000196. The van der Waals surface area contributed by atoms with Crippen LogP contribution in [0.5, 0.6) is 0 Å². The first-order valence-electron chi connectivity index (χ1n) is 5.74. The molecule has 2 heteroatoms. The van der Waals surface area contributed by atoms with E-state index in [0.29, 0.717) is 5.91 Å². The molecule has 0 aliphatic heterocycles. The maximum absolute atomic E-state index is 12.0. The molecule has 0 bridgehead atoms. The molecule has 0 atom stereocenters. The van der Waals surface area contributed by atoms with E-state index in [4.69, 9.17) is 0 Å². The minimum Gasteiger partial charge on any atom is -0.342 e. The number of rotatable bonds is 4. The molecule has 2 nitrogen and oxygen atoms in total. The molecule has 1 amide bonds. The molecule has 0 aromatic heterocycles. The van der Waals surface area contributed by atoms with E-state index in [1.807, 2.05) is 20.8 Å². The number of carbonyl (C=O) groups is 1. The Morgan fingerprint density at radius 3 is 2.20 bits per heavy atom. The van der Waals surface area contributed by atoms with Crippen molar-refractivity contribution in [3.8, 4) is 0 Å². The van der Waals surface area contributed by atoms with E-state index in [-0.39, 0.29) is 12.8 Å². The van der Waals surface area contributed by atoms with Crippen molar-refractivity contribution in [3.05, 3.63) is 0 Å². The molecule has 1 fully saturated rings. The van der Waals surface area contributed by atoms with Gasteiger partial charge in [-0.1, -0.05) is 35.1 Å². The number of carbonyl (C=O) groups excluding carboxylic acids is 1. The van der Waals surface area contributed by atoms with Crippen LogP contribution in [0, 0.1) is 11.3 Å². The van der Waals surface area contributed by atoms with Crippen molar-refractivity contribution in [2.45, 2.75) is 54.4 Å². The summed E-state index contributed by atoms with van der Waals surface area (Å²) in [4.78, 5) is 14.1. The van der Waals surface area contributed by atoms with Crippen molar-refractivity contribution >= 4 is 5.91 Å². The minimum absolute atomic E-state index is 0. The van der Waals surface area contributed by atoms with Gasteiger partial charge in [0.1, 0.15) is 0 Å². The molecule has 0 spiro atoms. The highest BCUT2D eigenvalue weighted by molar-refractivity contribution is 5.81. The Labute approximate surface area is 95.0 Å². The van der Waals surface area contributed by atoms with Gasteiger partial charge in [0.05, 0.1) is 0 Å². The lowest BCUT2D eigenvalue weighted by Crippen LogP contribution is -2.41. The van der Waals surface area contributed by atoms with Crippen LogP contribution >= 0.6 is 0 Å². The lowest BCUT2D eigenvalue weighted by molar-refractivity contribution is -0.139. The fourth-order valence-electron chi connectivity index (χ4n) is 1.63. The van der Waals surface area contributed by atoms with Crippen LogP contribution in [0.2, 0.25) is 0 Å². The average Bonchev–Trinajstić information content (AvgIpc) is 2.84. The molecule has 0 N–H and O–H groups in total. The molecule has 0 aromatic carbocycles. The largest absolute Gasteiger partial charge is 0.342 e. The molecule has 0 saturated heterocycles. The lowest BCUT2D eigenvalue weighted by Gasteiger charge is -2.29. The second-order valence-electron chi connectivity index (χ2n) is 5.44. The van der Waals surface area contributed by atoms with Gasteiger partial charge in [0.2, 0.25) is 5.91 Å². The fraction of sp³-hybridized carbons (Fsp3) is 0.923. The van der Waals surface area contributed by atoms with E-state index < -0.39 is 0 Å². The van der Waals surface area contributed by atoms with Crippen LogP contribution in [0.25, 0.3) is 0 Å². The summed E-state index contributed by atoms with van der Waals surface area (Å²) < 4.78 is 0. The zero-order valence-electron chi connectivity index (χ0n) is 9.97. The van der Waals surface area contributed by atoms with Crippen LogP contribution in [-0.4, -0.2) is 23.9 Å². The van der Waals surface area contributed by atoms with Gasteiger partial charge in [0, 0.05) is 18.5 Å². The number of nitrogens with zero attached hydrogens (tertiary/aromatic N) is 1. The molecular weight excluding hydrogens is 186 g/mol. The molecule has 1 rings (SSSR count). The van der Waals surface area contributed by atoms with Gasteiger partial charge in [-0.2, -0.15) is 0 Å². The van der Waals surface area contributed by atoms with Crippen molar-refractivity contribution in [1.82, 2.24) is 4.90 Å². The van der Waals surface area contributed by atoms with Crippen LogP contribution in [0.3, 0.4) is 0 Å². The molecule has 15 heavy (non-hydrogen) atoms. The van der Waals surface area contributed by atoms with Crippen molar-refractivity contribution in [2.75, 3.05) is 13.1 Å². The summed E-state index contributed by atoms with van der Waals surface area (Å²) in [5.74, 6) is 1.11. The summed E-state index contributed by atoms with van der Waals surface area (Å²) in [5, 5.41) is 0. The first-order chi connectivity index (χ1) is 6.45. The van der Waals surface area contributed by atoms with E-state index in [9.17, 15) is 4.79 Å². The van der Waals surface area contributed by atoms with Crippen molar-refractivity contribution in [3.63, 3.8) is 0 Å². The van der Waals surface area contributed by atoms with Crippen molar-refractivity contribution in [2.24, 2.45) is 11.3 Å². The summed E-state index contributed by atoms with van der Waals surface area (Å²) in [6.07, 6.45) is 3.70. The molecule has 1 saturated carbocycles. The maximum Gasteiger partial charge on any atom is 0.227 e. The number of hydrogen-bond acceptors (Lipinski definition) is 1. The predicted molar refractivity (Wildman–Crippen MR) is 65.8 cm³/mol. The molecule has 1 aliphatic carbocycles. The minimum atomic E-state index is -0.218. The van der Waals surface area contributed by atoms with Gasteiger partial charge < -0.3 is 4.90 Å². The summed E-state index contributed by atoms with van der Waals surface area (Å²) in [6, 6.07) is 0. The smallest absolute Gasteiger partial charge is 0.227 e. The average molecular weight is 213 g/mol. The maximum atomic E-state index is 12.0. The Morgan fingerprint density at radius 2 is 1.87 bits per heavy atom. The molecular formula is C13H27NO. The molecule has 90 valence electrons. The Kier molecular flexibility index (Phi) is 5.33. The van der Waals surface area contributed by atoms with E-state index in [1.54, 1.807) is 0 Å².